The highest BCUT2D eigenvalue weighted by atomic mass is 15.4. The van der Waals surface area contributed by atoms with E-state index in [2.05, 4.69) is 59.8 Å². The molecule has 2 aromatic rings. The fraction of sp³-hybridized carbons (Fsp3) is 0.467. The lowest BCUT2D eigenvalue weighted by atomic mass is 10.0. The van der Waals surface area contributed by atoms with E-state index in [1.54, 1.807) is 0 Å². The molecule has 4 heteroatoms. The van der Waals surface area contributed by atoms with Crippen LogP contribution in [0.25, 0.3) is 0 Å². The lowest BCUT2D eigenvalue weighted by Gasteiger charge is -2.18. The van der Waals surface area contributed by atoms with E-state index in [1.165, 1.54) is 11.3 Å². The Morgan fingerprint density at radius 3 is 2.68 bits per heavy atom. The average Bonchev–Trinajstić information content (AvgIpc) is 2.88. The van der Waals surface area contributed by atoms with Crippen LogP contribution in [0.2, 0.25) is 0 Å². The van der Waals surface area contributed by atoms with Crippen LogP contribution in [-0.4, -0.2) is 21.5 Å². The highest BCUT2D eigenvalue weighted by Gasteiger charge is 2.16. The molecule has 0 spiro atoms. The molecule has 0 aliphatic rings. The minimum absolute atomic E-state index is 0.272. The summed E-state index contributed by atoms with van der Waals surface area (Å²) in [5.74, 6) is 0. The summed E-state index contributed by atoms with van der Waals surface area (Å²) < 4.78 is 2.01. The molecule has 0 radical (unpaired) electrons. The van der Waals surface area contributed by atoms with Gasteiger partial charge < -0.3 is 5.32 Å². The lowest BCUT2D eigenvalue weighted by Crippen LogP contribution is -2.25. The highest BCUT2D eigenvalue weighted by Crippen LogP contribution is 2.17. The Bertz CT molecular complexity index is 478. The molecule has 0 amide bonds. The number of nitrogens with one attached hydrogen (secondary N) is 1. The first-order valence-electron chi connectivity index (χ1n) is 7.00. The normalized spacial score (nSPS) is 12.5. The number of hydrogen-bond acceptors (Lipinski definition) is 3. The zero-order valence-corrected chi connectivity index (χ0v) is 11.7. The van der Waals surface area contributed by atoms with Crippen molar-refractivity contribution in [3.05, 3.63) is 47.8 Å². The van der Waals surface area contributed by atoms with Gasteiger partial charge in [0.05, 0.1) is 17.9 Å². The van der Waals surface area contributed by atoms with Crippen LogP contribution < -0.4 is 5.32 Å². The van der Waals surface area contributed by atoms with Gasteiger partial charge in [0, 0.05) is 6.54 Å². The molecule has 1 heterocycles. The van der Waals surface area contributed by atoms with Gasteiger partial charge in [0.1, 0.15) is 0 Å². The predicted octanol–water partition coefficient (Wildman–Crippen LogP) is 2.58. The van der Waals surface area contributed by atoms with Gasteiger partial charge in [-0.2, -0.15) is 0 Å². The van der Waals surface area contributed by atoms with Crippen molar-refractivity contribution in [1.29, 1.82) is 0 Å². The maximum atomic E-state index is 4.18. The summed E-state index contributed by atoms with van der Waals surface area (Å²) in [5, 5.41) is 11.8. The van der Waals surface area contributed by atoms with Crippen LogP contribution in [0.4, 0.5) is 0 Å². The summed E-state index contributed by atoms with van der Waals surface area (Å²) in [6, 6.07) is 10.8. The van der Waals surface area contributed by atoms with Crippen molar-refractivity contribution in [2.75, 3.05) is 6.54 Å². The Balaban J connectivity index is 2.17. The Hall–Kier alpha value is -1.68. The van der Waals surface area contributed by atoms with E-state index in [-0.39, 0.29) is 6.04 Å². The van der Waals surface area contributed by atoms with Crippen LogP contribution >= 0.6 is 0 Å². The minimum atomic E-state index is 0.272. The quantitative estimate of drug-likeness (QED) is 0.830. The van der Waals surface area contributed by atoms with Crippen LogP contribution in [0, 0.1) is 0 Å². The van der Waals surface area contributed by atoms with E-state index in [0.29, 0.717) is 0 Å². The van der Waals surface area contributed by atoms with Crippen molar-refractivity contribution in [3.8, 4) is 0 Å². The molecule has 1 unspecified atom stereocenters. The molecular weight excluding hydrogens is 236 g/mol. The van der Waals surface area contributed by atoms with Gasteiger partial charge in [0.15, 0.2) is 0 Å². The van der Waals surface area contributed by atoms with Gasteiger partial charge in [-0.25, -0.2) is 4.68 Å². The zero-order valence-electron chi connectivity index (χ0n) is 11.7. The first kappa shape index (κ1) is 13.7. The molecule has 0 saturated heterocycles. The maximum absolute atomic E-state index is 4.18. The second kappa shape index (κ2) is 7.04. The van der Waals surface area contributed by atoms with E-state index >= 15 is 0 Å². The first-order valence-corrected chi connectivity index (χ1v) is 7.00. The highest BCUT2D eigenvalue weighted by molar-refractivity contribution is 5.18. The molecule has 4 nitrogen and oxygen atoms in total. The molecule has 0 aliphatic carbocycles. The molecule has 1 atom stereocenters. The predicted molar refractivity (Wildman–Crippen MR) is 76.9 cm³/mol. The molecule has 1 N–H and O–H groups in total. The van der Waals surface area contributed by atoms with E-state index in [0.717, 1.165) is 25.9 Å². The van der Waals surface area contributed by atoms with Gasteiger partial charge in [-0.05, 0) is 24.9 Å². The molecule has 2 rings (SSSR count). The maximum Gasteiger partial charge on any atom is 0.0759 e. The number of hydrogen-bond donors (Lipinski definition) is 1. The Morgan fingerprint density at radius 1 is 1.21 bits per heavy atom. The number of benzene rings is 1. The van der Waals surface area contributed by atoms with Crippen molar-refractivity contribution < 1.29 is 0 Å². The van der Waals surface area contributed by atoms with Crippen LogP contribution in [0.5, 0.6) is 0 Å². The zero-order chi connectivity index (χ0) is 13.5. The molecule has 0 aliphatic heterocycles. The van der Waals surface area contributed by atoms with Crippen molar-refractivity contribution in [2.45, 2.75) is 39.3 Å². The lowest BCUT2D eigenvalue weighted by molar-refractivity contribution is 0.474. The Kier molecular flexibility index (Phi) is 5.10. The molecule has 102 valence electrons. The van der Waals surface area contributed by atoms with Gasteiger partial charge in [-0.3, -0.25) is 0 Å². The minimum Gasteiger partial charge on any atom is -0.309 e. The molecule has 1 aromatic heterocycles. The van der Waals surface area contributed by atoms with E-state index in [1.807, 2.05) is 10.9 Å². The number of nitrogens with zero attached hydrogens (tertiary/aromatic N) is 3. The number of aromatic nitrogens is 3. The average molecular weight is 258 g/mol. The Labute approximate surface area is 114 Å². The Morgan fingerprint density at radius 2 is 2.00 bits per heavy atom. The third-order valence-corrected chi connectivity index (χ3v) is 3.17. The fourth-order valence-electron chi connectivity index (χ4n) is 2.30. The topological polar surface area (TPSA) is 42.7 Å². The van der Waals surface area contributed by atoms with Crippen LogP contribution in [0.1, 0.15) is 37.6 Å². The third-order valence-electron chi connectivity index (χ3n) is 3.17. The summed E-state index contributed by atoms with van der Waals surface area (Å²) in [6.07, 6.45) is 3.91. The molecule has 0 bridgehead atoms. The van der Waals surface area contributed by atoms with Crippen LogP contribution in [0.15, 0.2) is 36.5 Å². The summed E-state index contributed by atoms with van der Waals surface area (Å²) in [5.41, 5.74) is 2.50. The van der Waals surface area contributed by atoms with Crippen molar-refractivity contribution in [3.63, 3.8) is 0 Å². The molecular formula is C15H22N4. The van der Waals surface area contributed by atoms with Crippen LogP contribution in [-0.2, 0) is 13.0 Å². The second-order valence-corrected chi connectivity index (χ2v) is 4.68. The van der Waals surface area contributed by atoms with Crippen LogP contribution in [0.3, 0.4) is 0 Å². The van der Waals surface area contributed by atoms with Gasteiger partial charge in [0.2, 0.25) is 0 Å². The number of aryl methyl sites for hydroxylation is 1. The van der Waals surface area contributed by atoms with Gasteiger partial charge in [-0.1, -0.05) is 49.4 Å². The largest absolute Gasteiger partial charge is 0.309 e. The monoisotopic (exact) mass is 258 g/mol. The number of likely N-dealkylation sites (N-methyl/N-ethyl adjacent to an activating group) is 1. The van der Waals surface area contributed by atoms with Gasteiger partial charge in [0.25, 0.3) is 0 Å². The summed E-state index contributed by atoms with van der Waals surface area (Å²) >= 11 is 0. The molecule has 0 saturated carbocycles. The second-order valence-electron chi connectivity index (χ2n) is 4.68. The number of rotatable bonds is 7. The molecule has 19 heavy (non-hydrogen) atoms. The fourth-order valence-corrected chi connectivity index (χ4v) is 2.30. The first-order chi connectivity index (χ1) is 9.35. The summed E-state index contributed by atoms with van der Waals surface area (Å²) in [6.45, 7) is 6.15. The molecule has 0 fully saturated rings. The smallest absolute Gasteiger partial charge is 0.0759 e. The summed E-state index contributed by atoms with van der Waals surface area (Å²) in [7, 11) is 0. The summed E-state index contributed by atoms with van der Waals surface area (Å²) in [4.78, 5) is 0. The van der Waals surface area contributed by atoms with Gasteiger partial charge >= 0.3 is 0 Å². The van der Waals surface area contributed by atoms with E-state index < -0.39 is 0 Å². The van der Waals surface area contributed by atoms with Crippen molar-refractivity contribution in [2.24, 2.45) is 0 Å². The van der Waals surface area contributed by atoms with Crippen molar-refractivity contribution in [1.82, 2.24) is 20.3 Å². The van der Waals surface area contributed by atoms with E-state index in [9.17, 15) is 0 Å². The van der Waals surface area contributed by atoms with E-state index in [4.69, 9.17) is 0 Å². The van der Waals surface area contributed by atoms with Gasteiger partial charge in [-0.15, -0.1) is 5.10 Å². The SMILES string of the molecule is CCCn1nncc1C(Cc1ccccc1)NCC. The molecule has 1 aromatic carbocycles. The standard InChI is InChI=1S/C15H22N4/c1-3-10-19-15(12-17-18-19)14(16-4-2)11-13-8-6-5-7-9-13/h5-9,12,14,16H,3-4,10-11H2,1-2H3. The third kappa shape index (κ3) is 3.64. The van der Waals surface area contributed by atoms with Crippen molar-refractivity contribution >= 4 is 0 Å².